The monoisotopic (exact) mass is 397 g/mol. The van der Waals surface area contributed by atoms with Crippen molar-refractivity contribution in [2.45, 2.75) is 57.8 Å². The first-order valence-electron chi connectivity index (χ1n) is 10.4. The van der Waals surface area contributed by atoms with Crippen LogP contribution in [-0.4, -0.2) is 28.7 Å². The zero-order valence-corrected chi connectivity index (χ0v) is 16.9. The maximum absolute atomic E-state index is 11.4. The molecule has 5 nitrogen and oxygen atoms in total. The summed E-state index contributed by atoms with van der Waals surface area (Å²) in [7, 11) is 0. The number of nitrogens with two attached hydrogens (primary N) is 1. The van der Waals surface area contributed by atoms with E-state index in [4.69, 9.17) is 10.8 Å². The average Bonchev–Trinajstić information content (AvgIpc) is 2.72. The van der Waals surface area contributed by atoms with E-state index in [1.165, 1.54) is 32.1 Å². The maximum Gasteiger partial charge on any atom is 0.335 e. The van der Waals surface area contributed by atoms with Gasteiger partial charge in [0, 0.05) is 0 Å². The van der Waals surface area contributed by atoms with Gasteiger partial charge in [-0.25, -0.2) is 9.59 Å². The molecule has 0 heterocycles. The van der Waals surface area contributed by atoms with Crippen LogP contribution in [0.3, 0.4) is 0 Å². The summed E-state index contributed by atoms with van der Waals surface area (Å²) < 4.78 is 0. The lowest BCUT2D eigenvalue weighted by Crippen LogP contribution is -2.00. The minimum atomic E-state index is -0.957. The highest BCUT2D eigenvalue weighted by molar-refractivity contribution is 5.90. The first-order valence-corrected chi connectivity index (χ1v) is 10.4. The second-order valence-electron chi connectivity index (χ2n) is 7.43. The molecule has 0 aliphatic carbocycles. The number of aromatic carboxylic acids is 2. The maximum atomic E-state index is 11.4. The number of hydrogen-bond donors (Lipinski definition) is 3. The van der Waals surface area contributed by atoms with Crippen molar-refractivity contribution in [3.05, 3.63) is 59.2 Å². The quantitative estimate of drug-likeness (QED) is 0.394. The zero-order valence-electron chi connectivity index (χ0n) is 16.9. The summed E-state index contributed by atoms with van der Waals surface area (Å²) in [6, 6.07) is 11.9. The lowest BCUT2D eigenvalue weighted by Gasteiger charge is -2.12. The Morgan fingerprint density at radius 2 is 1.21 bits per heavy atom. The molecule has 0 radical (unpaired) electrons. The van der Waals surface area contributed by atoms with Crippen LogP contribution in [0.2, 0.25) is 0 Å². The fraction of sp³-hybridized carbons (Fsp3) is 0.417. The molecule has 2 rings (SSSR count). The smallest absolute Gasteiger partial charge is 0.335 e. The summed E-state index contributed by atoms with van der Waals surface area (Å²) >= 11 is 0. The summed E-state index contributed by atoms with van der Waals surface area (Å²) in [6.45, 7) is 0.775. The Bertz CT molecular complexity index is 799. The Hall–Kier alpha value is -2.66. The Morgan fingerprint density at radius 3 is 1.76 bits per heavy atom. The number of aryl methyl sites for hydroxylation is 1. The summed E-state index contributed by atoms with van der Waals surface area (Å²) in [5.41, 5.74) is 8.90. The topological polar surface area (TPSA) is 101 Å². The van der Waals surface area contributed by atoms with Crippen molar-refractivity contribution >= 4 is 11.9 Å². The Labute approximate surface area is 172 Å². The van der Waals surface area contributed by atoms with E-state index in [9.17, 15) is 14.7 Å². The van der Waals surface area contributed by atoms with Crippen LogP contribution in [0.25, 0.3) is 11.1 Å². The largest absolute Gasteiger partial charge is 0.478 e. The molecule has 0 aromatic heterocycles. The molecule has 5 heteroatoms. The van der Waals surface area contributed by atoms with Gasteiger partial charge >= 0.3 is 11.9 Å². The molecule has 0 saturated heterocycles. The van der Waals surface area contributed by atoms with Crippen molar-refractivity contribution < 1.29 is 19.8 Å². The number of benzene rings is 2. The molecule has 29 heavy (non-hydrogen) atoms. The molecule has 0 fully saturated rings. The molecule has 0 saturated carbocycles. The Kier molecular flexibility index (Phi) is 9.38. The summed E-state index contributed by atoms with van der Waals surface area (Å²) in [5, 5.41) is 18.4. The van der Waals surface area contributed by atoms with E-state index in [2.05, 4.69) is 0 Å². The highest BCUT2D eigenvalue weighted by atomic mass is 16.4. The van der Waals surface area contributed by atoms with Crippen molar-refractivity contribution in [3.63, 3.8) is 0 Å². The van der Waals surface area contributed by atoms with Crippen LogP contribution in [-0.2, 0) is 6.42 Å². The molecule has 2 aromatic carbocycles. The summed E-state index contributed by atoms with van der Waals surface area (Å²) in [5.74, 6) is -1.89. The molecule has 0 atom stereocenters. The van der Waals surface area contributed by atoms with E-state index >= 15 is 0 Å². The summed E-state index contributed by atoms with van der Waals surface area (Å²) in [6.07, 6.45) is 10.2. The van der Waals surface area contributed by atoms with Gasteiger partial charge in [-0.2, -0.15) is 0 Å². The molecule has 2 aromatic rings. The number of rotatable bonds is 13. The van der Waals surface area contributed by atoms with Crippen LogP contribution < -0.4 is 5.73 Å². The highest BCUT2D eigenvalue weighted by Gasteiger charge is 2.11. The molecule has 0 spiro atoms. The van der Waals surface area contributed by atoms with Crippen LogP contribution >= 0.6 is 0 Å². The molecular formula is C24H31NO4. The molecular weight excluding hydrogens is 366 g/mol. The minimum absolute atomic E-state index is 0.240. The lowest BCUT2D eigenvalue weighted by molar-refractivity contribution is 0.0686. The van der Waals surface area contributed by atoms with Crippen LogP contribution in [0.4, 0.5) is 0 Å². The van der Waals surface area contributed by atoms with E-state index in [1.807, 2.05) is 6.07 Å². The van der Waals surface area contributed by atoms with Gasteiger partial charge in [0.05, 0.1) is 11.1 Å². The first-order chi connectivity index (χ1) is 14.0. The summed E-state index contributed by atoms with van der Waals surface area (Å²) in [4.78, 5) is 22.4. The molecule has 0 bridgehead atoms. The zero-order chi connectivity index (χ0) is 21.1. The molecule has 156 valence electrons. The van der Waals surface area contributed by atoms with Crippen LogP contribution in [0.5, 0.6) is 0 Å². The molecule has 0 aliphatic heterocycles. The van der Waals surface area contributed by atoms with Gasteiger partial charge in [0.2, 0.25) is 0 Å². The highest BCUT2D eigenvalue weighted by Crippen LogP contribution is 2.27. The van der Waals surface area contributed by atoms with Crippen molar-refractivity contribution in [3.8, 4) is 11.1 Å². The molecule has 0 aliphatic rings. The minimum Gasteiger partial charge on any atom is -0.478 e. The van der Waals surface area contributed by atoms with E-state index in [0.717, 1.165) is 48.9 Å². The van der Waals surface area contributed by atoms with E-state index in [-0.39, 0.29) is 11.1 Å². The van der Waals surface area contributed by atoms with Gasteiger partial charge in [-0.1, -0.05) is 56.7 Å². The van der Waals surface area contributed by atoms with Crippen molar-refractivity contribution in [2.75, 3.05) is 6.54 Å². The third-order valence-electron chi connectivity index (χ3n) is 5.20. The standard InChI is InChI=1S/C24H31NO4/c25-16-8-6-4-2-1-3-5-7-9-20-17-21(24(28)29)14-15-22(20)18-10-12-19(13-11-18)23(26)27/h10-15,17H,1-9,16,25H2,(H,26,27)(H,28,29). The number of unbranched alkanes of at least 4 members (excludes halogenated alkanes) is 7. The third kappa shape index (κ3) is 7.35. The third-order valence-corrected chi connectivity index (χ3v) is 5.20. The van der Waals surface area contributed by atoms with Gasteiger partial charge in [-0.3, -0.25) is 0 Å². The van der Waals surface area contributed by atoms with Crippen molar-refractivity contribution in [2.24, 2.45) is 5.73 Å². The van der Waals surface area contributed by atoms with E-state index < -0.39 is 11.9 Å². The predicted octanol–water partition coefficient (Wildman–Crippen LogP) is 5.37. The predicted molar refractivity (Wildman–Crippen MR) is 115 cm³/mol. The van der Waals surface area contributed by atoms with Crippen LogP contribution in [0.1, 0.15) is 77.6 Å². The number of carbonyl (C=O) groups is 2. The fourth-order valence-electron chi connectivity index (χ4n) is 3.53. The van der Waals surface area contributed by atoms with Crippen LogP contribution in [0, 0.1) is 0 Å². The lowest BCUT2D eigenvalue weighted by atomic mass is 9.93. The van der Waals surface area contributed by atoms with Gasteiger partial charge in [-0.05, 0) is 66.8 Å². The number of hydrogen-bond acceptors (Lipinski definition) is 3. The average molecular weight is 398 g/mol. The van der Waals surface area contributed by atoms with Crippen molar-refractivity contribution in [1.82, 2.24) is 0 Å². The molecule has 4 N–H and O–H groups in total. The van der Waals surface area contributed by atoms with Gasteiger partial charge in [0.1, 0.15) is 0 Å². The first kappa shape index (κ1) is 22.6. The normalized spacial score (nSPS) is 10.8. The second-order valence-corrected chi connectivity index (χ2v) is 7.43. The van der Waals surface area contributed by atoms with Gasteiger partial charge in [-0.15, -0.1) is 0 Å². The Balaban J connectivity index is 1.98. The number of carboxylic acids is 2. The molecule has 0 amide bonds. The Morgan fingerprint density at radius 1 is 0.690 bits per heavy atom. The molecule has 0 unspecified atom stereocenters. The van der Waals surface area contributed by atoms with Gasteiger partial charge < -0.3 is 15.9 Å². The fourth-order valence-corrected chi connectivity index (χ4v) is 3.53. The van der Waals surface area contributed by atoms with E-state index in [0.29, 0.717) is 0 Å². The van der Waals surface area contributed by atoms with Crippen LogP contribution in [0.15, 0.2) is 42.5 Å². The van der Waals surface area contributed by atoms with Gasteiger partial charge in [0.25, 0.3) is 0 Å². The van der Waals surface area contributed by atoms with E-state index in [1.54, 1.807) is 36.4 Å². The van der Waals surface area contributed by atoms with Gasteiger partial charge in [0.15, 0.2) is 0 Å². The number of carboxylic acid groups (broad SMARTS) is 2. The second kappa shape index (κ2) is 12.0. The SMILES string of the molecule is NCCCCCCCCCCc1cc(C(=O)O)ccc1-c1ccc(C(=O)O)cc1. The van der Waals surface area contributed by atoms with Crippen molar-refractivity contribution in [1.29, 1.82) is 0 Å².